The number of halogens is 2. The second-order valence-corrected chi connectivity index (χ2v) is 5.81. The highest BCUT2D eigenvalue weighted by molar-refractivity contribution is 6.30. The van der Waals surface area contributed by atoms with Crippen LogP contribution >= 0.6 is 11.6 Å². The zero-order valence-corrected chi connectivity index (χ0v) is 14.0. The molecule has 6 heteroatoms. The SMILES string of the molecule is Cc1ccc(NC(=O)CCCNC(=O)c2ccc(Cl)cc2)cc1F. The molecule has 0 spiro atoms. The third kappa shape index (κ3) is 5.35. The Bertz CT molecular complexity index is 732. The number of carbonyl (C=O) groups excluding carboxylic acids is 2. The van der Waals surface area contributed by atoms with Crippen molar-refractivity contribution < 1.29 is 14.0 Å². The molecule has 0 fully saturated rings. The van der Waals surface area contributed by atoms with Gasteiger partial charge >= 0.3 is 0 Å². The molecule has 24 heavy (non-hydrogen) atoms. The maximum atomic E-state index is 13.4. The molecule has 0 heterocycles. The van der Waals surface area contributed by atoms with Gasteiger partial charge in [0.1, 0.15) is 5.82 Å². The van der Waals surface area contributed by atoms with E-state index in [9.17, 15) is 14.0 Å². The summed E-state index contributed by atoms with van der Waals surface area (Å²) in [6.45, 7) is 2.03. The first-order valence-corrected chi connectivity index (χ1v) is 7.93. The van der Waals surface area contributed by atoms with Crippen LogP contribution in [0.4, 0.5) is 10.1 Å². The molecule has 2 N–H and O–H groups in total. The Balaban J connectivity index is 1.71. The quantitative estimate of drug-likeness (QED) is 0.777. The molecule has 2 aromatic rings. The summed E-state index contributed by atoms with van der Waals surface area (Å²) in [5, 5.41) is 5.93. The zero-order valence-electron chi connectivity index (χ0n) is 13.2. The Morgan fingerprint density at radius 3 is 2.50 bits per heavy atom. The zero-order chi connectivity index (χ0) is 17.5. The summed E-state index contributed by atoms with van der Waals surface area (Å²) in [5.41, 5.74) is 1.46. The first kappa shape index (κ1) is 17.9. The minimum absolute atomic E-state index is 0.215. The van der Waals surface area contributed by atoms with Gasteiger partial charge in [0, 0.05) is 29.2 Å². The van der Waals surface area contributed by atoms with Gasteiger partial charge < -0.3 is 10.6 Å². The summed E-state index contributed by atoms with van der Waals surface area (Å²) >= 11 is 5.76. The number of carbonyl (C=O) groups is 2. The second-order valence-electron chi connectivity index (χ2n) is 5.38. The molecular formula is C18H18ClFN2O2. The Hall–Kier alpha value is -2.40. The lowest BCUT2D eigenvalue weighted by molar-refractivity contribution is -0.116. The van der Waals surface area contributed by atoms with Crippen LogP contribution in [0.15, 0.2) is 42.5 Å². The smallest absolute Gasteiger partial charge is 0.251 e. The van der Waals surface area contributed by atoms with Crippen molar-refractivity contribution in [2.45, 2.75) is 19.8 Å². The lowest BCUT2D eigenvalue weighted by Crippen LogP contribution is -2.25. The molecule has 2 rings (SSSR count). The summed E-state index contributed by atoms with van der Waals surface area (Å²) < 4.78 is 13.4. The Morgan fingerprint density at radius 1 is 1.12 bits per heavy atom. The molecule has 0 aromatic heterocycles. The maximum Gasteiger partial charge on any atom is 0.251 e. The maximum absolute atomic E-state index is 13.4. The number of hydrogen-bond donors (Lipinski definition) is 2. The number of amides is 2. The first-order chi connectivity index (χ1) is 11.5. The first-order valence-electron chi connectivity index (χ1n) is 7.55. The Labute approximate surface area is 145 Å². The van der Waals surface area contributed by atoms with Crippen molar-refractivity contribution in [2.75, 3.05) is 11.9 Å². The fourth-order valence-electron chi connectivity index (χ4n) is 2.05. The molecule has 2 aromatic carbocycles. The van der Waals surface area contributed by atoms with Gasteiger partial charge in [-0.3, -0.25) is 9.59 Å². The van der Waals surface area contributed by atoms with Gasteiger partial charge in [0.15, 0.2) is 0 Å². The molecule has 2 amide bonds. The van der Waals surface area contributed by atoms with Crippen LogP contribution in [0.3, 0.4) is 0 Å². The van der Waals surface area contributed by atoms with Gasteiger partial charge in [-0.2, -0.15) is 0 Å². The lowest BCUT2D eigenvalue weighted by Gasteiger charge is -2.07. The van der Waals surface area contributed by atoms with E-state index in [0.29, 0.717) is 34.8 Å². The van der Waals surface area contributed by atoms with Crippen LogP contribution in [-0.4, -0.2) is 18.4 Å². The van der Waals surface area contributed by atoms with Crippen LogP contribution in [0, 0.1) is 12.7 Å². The molecule has 0 aliphatic rings. The average molecular weight is 349 g/mol. The van der Waals surface area contributed by atoms with E-state index in [2.05, 4.69) is 10.6 Å². The number of hydrogen-bond acceptors (Lipinski definition) is 2. The summed E-state index contributed by atoms with van der Waals surface area (Å²) in [6, 6.07) is 11.1. The molecule has 0 unspecified atom stereocenters. The molecule has 0 saturated carbocycles. The molecule has 4 nitrogen and oxygen atoms in total. The van der Waals surface area contributed by atoms with Crippen molar-refractivity contribution >= 4 is 29.1 Å². The van der Waals surface area contributed by atoms with E-state index in [1.54, 1.807) is 43.3 Å². The van der Waals surface area contributed by atoms with Crippen LogP contribution < -0.4 is 10.6 Å². The molecule has 0 radical (unpaired) electrons. The topological polar surface area (TPSA) is 58.2 Å². The predicted octanol–water partition coefficient (Wildman–Crippen LogP) is 3.94. The van der Waals surface area contributed by atoms with Crippen molar-refractivity contribution in [3.8, 4) is 0 Å². The monoisotopic (exact) mass is 348 g/mol. The molecule has 0 aliphatic carbocycles. The summed E-state index contributed by atoms with van der Waals surface area (Å²) in [4.78, 5) is 23.7. The van der Waals surface area contributed by atoms with E-state index < -0.39 is 0 Å². The Morgan fingerprint density at radius 2 is 1.83 bits per heavy atom. The molecular weight excluding hydrogens is 331 g/mol. The lowest BCUT2D eigenvalue weighted by atomic mass is 10.2. The van der Waals surface area contributed by atoms with Gasteiger partial charge in [0.25, 0.3) is 5.91 Å². The van der Waals surface area contributed by atoms with E-state index in [4.69, 9.17) is 11.6 Å². The van der Waals surface area contributed by atoms with Crippen LogP contribution in [0.1, 0.15) is 28.8 Å². The van der Waals surface area contributed by atoms with Gasteiger partial charge in [-0.1, -0.05) is 17.7 Å². The van der Waals surface area contributed by atoms with Crippen LogP contribution in [0.25, 0.3) is 0 Å². The number of anilines is 1. The molecule has 0 atom stereocenters. The van der Waals surface area contributed by atoms with Crippen molar-refractivity contribution in [2.24, 2.45) is 0 Å². The number of aryl methyl sites for hydroxylation is 1. The standard InChI is InChI=1S/C18H18ClFN2O2/c1-12-4-9-15(11-16(12)20)22-17(23)3-2-10-21-18(24)13-5-7-14(19)8-6-13/h4-9,11H,2-3,10H2,1H3,(H,21,24)(H,22,23). The fourth-order valence-corrected chi connectivity index (χ4v) is 2.17. The van der Waals surface area contributed by atoms with E-state index in [-0.39, 0.29) is 24.1 Å². The van der Waals surface area contributed by atoms with E-state index in [1.807, 2.05) is 0 Å². The number of nitrogens with one attached hydrogen (secondary N) is 2. The van der Waals surface area contributed by atoms with Crippen molar-refractivity contribution in [1.29, 1.82) is 0 Å². The minimum atomic E-state index is -0.358. The molecule has 126 valence electrons. The normalized spacial score (nSPS) is 10.3. The van der Waals surface area contributed by atoms with Gasteiger partial charge in [0.2, 0.25) is 5.91 Å². The van der Waals surface area contributed by atoms with E-state index in [1.165, 1.54) is 6.07 Å². The summed E-state index contributed by atoms with van der Waals surface area (Å²) in [6.07, 6.45) is 0.718. The highest BCUT2D eigenvalue weighted by atomic mass is 35.5. The van der Waals surface area contributed by atoms with Crippen LogP contribution in [0.2, 0.25) is 5.02 Å². The van der Waals surface area contributed by atoms with Crippen LogP contribution in [-0.2, 0) is 4.79 Å². The average Bonchev–Trinajstić information content (AvgIpc) is 2.55. The molecule has 0 aliphatic heterocycles. The van der Waals surface area contributed by atoms with Gasteiger partial charge in [-0.05, 0) is 55.3 Å². The van der Waals surface area contributed by atoms with E-state index in [0.717, 1.165) is 0 Å². The third-order valence-electron chi connectivity index (χ3n) is 3.43. The second kappa shape index (κ2) is 8.45. The van der Waals surface area contributed by atoms with Gasteiger partial charge in [-0.25, -0.2) is 4.39 Å². The Kier molecular flexibility index (Phi) is 6.32. The van der Waals surface area contributed by atoms with Crippen molar-refractivity contribution in [3.63, 3.8) is 0 Å². The van der Waals surface area contributed by atoms with Crippen molar-refractivity contribution in [1.82, 2.24) is 5.32 Å². The number of benzene rings is 2. The van der Waals surface area contributed by atoms with E-state index >= 15 is 0 Å². The largest absolute Gasteiger partial charge is 0.352 e. The van der Waals surface area contributed by atoms with Gasteiger partial charge in [0.05, 0.1) is 0 Å². The highest BCUT2D eigenvalue weighted by Crippen LogP contribution is 2.14. The fraction of sp³-hybridized carbons (Fsp3) is 0.222. The summed E-state index contributed by atoms with van der Waals surface area (Å²) in [5.74, 6) is -0.797. The number of rotatable bonds is 6. The van der Waals surface area contributed by atoms with Gasteiger partial charge in [-0.15, -0.1) is 0 Å². The summed E-state index contributed by atoms with van der Waals surface area (Å²) in [7, 11) is 0. The molecule has 0 bridgehead atoms. The molecule has 0 saturated heterocycles. The predicted molar refractivity (Wildman–Crippen MR) is 92.8 cm³/mol. The van der Waals surface area contributed by atoms with Crippen molar-refractivity contribution in [3.05, 3.63) is 64.4 Å². The third-order valence-corrected chi connectivity index (χ3v) is 3.68. The van der Waals surface area contributed by atoms with Crippen LogP contribution in [0.5, 0.6) is 0 Å². The minimum Gasteiger partial charge on any atom is -0.352 e. The highest BCUT2D eigenvalue weighted by Gasteiger charge is 2.07.